The van der Waals surface area contributed by atoms with Crippen LogP contribution in [-0.4, -0.2) is 47.8 Å². The van der Waals surface area contributed by atoms with Crippen LogP contribution in [0.3, 0.4) is 0 Å². The van der Waals surface area contributed by atoms with Gasteiger partial charge in [0, 0.05) is 6.08 Å². The van der Waals surface area contributed by atoms with Gasteiger partial charge in [0.15, 0.2) is 12.0 Å². The number of carbonyl (C=O) groups is 3. The van der Waals surface area contributed by atoms with E-state index in [4.69, 9.17) is 19.0 Å². The molecule has 0 aliphatic heterocycles. The summed E-state index contributed by atoms with van der Waals surface area (Å²) in [6.07, 6.45) is 0.455. The van der Waals surface area contributed by atoms with E-state index in [9.17, 15) is 19.5 Å². The molecular weight excluding hydrogens is 400 g/mol. The predicted molar refractivity (Wildman–Crippen MR) is 103 cm³/mol. The number of aliphatic hydroxyl groups is 3. The number of rotatable bonds is 7. The molecule has 0 aliphatic rings. The van der Waals surface area contributed by atoms with Gasteiger partial charge in [-0.1, -0.05) is 13.2 Å². The minimum Gasteiger partial charge on any atom is -0.466 e. The van der Waals surface area contributed by atoms with Crippen molar-refractivity contribution in [3.8, 4) is 0 Å². The molecule has 0 aliphatic carbocycles. The summed E-state index contributed by atoms with van der Waals surface area (Å²) in [5.74, 6) is 0.0202. The fourth-order valence-corrected chi connectivity index (χ4v) is 1.67. The maximum Gasteiger partial charge on any atom is 0.336 e. The van der Waals surface area contributed by atoms with E-state index in [0.717, 1.165) is 6.08 Å². The lowest BCUT2D eigenvalue weighted by atomic mass is 10.1. The Morgan fingerprint density at radius 1 is 1.07 bits per heavy atom. The number of esters is 2. The molecule has 10 nitrogen and oxygen atoms in total. The van der Waals surface area contributed by atoms with Gasteiger partial charge in [-0.25, -0.2) is 9.59 Å². The Kier molecular flexibility index (Phi) is 12.8. The summed E-state index contributed by atoms with van der Waals surface area (Å²) < 4.78 is 18.3. The molecule has 0 aromatic carbocycles. The molecule has 1 unspecified atom stereocenters. The van der Waals surface area contributed by atoms with E-state index in [-0.39, 0.29) is 30.3 Å². The third-order valence-electron chi connectivity index (χ3n) is 3.21. The van der Waals surface area contributed by atoms with Crippen molar-refractivity contribution in [2.75, 3.05) is 14.2 Å². The monoisotopic (exact) mass is 424 g/mol. The van der Waals surface area contributed by atoms with Crippen molar-refractivity contribution in [1.82, 2.24) is 0 Å². The Morgan fingerprint density at radius 2 is 1.63 bits per heavy atom. The van der Waals surface area contributed by atoms with Crippen molar-refractivity contribution in [2.45, 2.75) is 19.3 Å². The standard InChI is InChI=1S/C10H12O5.C6H6O3.C4H6O2/c1-6(10(13)14-2)9(12)8-4-3-7(5-11)15-8;7-3-5-1-2-6(4-8)9-5;1-3-4(5)6-2/h3-4,9,11-12H,1,5H2,2H3;1-3,8H,4H2;3H,1H2,2H3. The zero-order chi connectivity index (χ0) is 23.1. The van der Waals surface area contributed by atoms with Crippen LogP contribution < -0.4 is 0 Å². The number of aliphatic hydroxyl groups excluding tert-OH is 3. The van der Waals surface area contributed by atoms with Gasteiger partial charge in [-0.2, -0.15) is 0 Å². The quantitative estimate of drug-likeness (QED) is 0.338. The maximum absolute atomic E-state index is 11.0. The van der Waals surface area contributed by atoms with Crippen molar-refractivity contribution in [3.05, 3.63) is 72.1 Å². The molecule has 3 N–H and O–H groups in total. The minimum absolute atomic E-state index is 0.115. The zero-order valence-electron chi connectivity index (χ0n) is 16.6. The highest BCUT2D eigenvalue weighted by molar-refractivity contribution is 5.88. The van der Waals surface area contributed by atoms with Crippen molar-refractivity contribution < 1.29 is 48.0 Å². The van der Waals surface area contributed by atoms with Gasteiger partial charge in [0.05, 0.1) is 19.8 Å². The van der Waals surface area contributed by atoms with E-state index >= 15 is 0 Å². The largest absolute Gasteiger partial charge is 0.466 e. The van der Waals surface area contributed by atoms with E-state index in [0.29, 0.717) is 17.8 Å². The van der Waals surface area contributed by atoms with Gasteiger partial charge >= 0.3 is 11.9 Å². The van der Waals surface area contributed by atoms with Crippen LogP contribution in [0.15, 0.2) is 57.9 Å². The highest BCUT2D eigenvalue weighted by Crippen LogP contribution is 2.23. The molecule has 2 aromatic heterocycles. The zero-order valence-corrected chi connectivity index (χ0v) is 16.6. The summed E-state index contributed by atoms with van der Waals surface area (Å²) in [6.45, 7) is 6.12. The van der Waals surface area contributed by atoms with Crippen molar-refractivity contribution in [2.24, 2.45) is 0 Å². The van der Waals surface area contributed by atoms with Crippen LogP contribution in [-0.2, 0) is 32.3 Å². The van der Waals surface area contributed by atoms with E-state index in [1.807, 2.05) is 0 Å². The number of furan rings is 2. The average molecular weight is 424 g/mol. The lowest BCUT2D eigenvalue weighted by Gasteiger charge is -2.08. The molecule has 10 heteroatoms. The SMILES string of the molecule is C=C(C(=O)OC)C(O)c1ccc(CO)o1.C=CC(=O)OC.O=Cc1ccc(CO)o1. The predicted octanol–water partition coefficient (Wildman–Crippen LogP) is 1.46. The van der Waals surface area contributed by atoms with E-state index in [1.165, 1.54) is 32.4 Å². The first-order chi connectivity index (χ1) is 14.3. The summed E-state index contributed by atoms with van der Waals surface area (Å²) in [5, 5.41) is 26.8. The number of hydrogen-bond donors (Lipinski definition) is 3. The molecule has 0 radical (unpaired) electrons. The van der Waals surface area contributed by atoms with Gasteiger partial charge in [-0.3, -0.25) is 4.79 Å². The summed E-state index contributed by atoms with van der Waals surface area (Å²) in [7, 11) is 2.51. The van der Waals surface area contributed by atoms with Crippen LogP contribution >= 0.6 is 0 Å². The highest BCUT2D eigenvalue weighted by atomic mass is 16.5. The average Bonchev–Trinajstić information content (AvgIpc) is 3.47. The molecule has 1 atom stereocenters. The van der Waals surface area contributed by atoms with E-state index < -0.39 is 18.0 Å². The van der Waals surface area contributed by atoms with Gasteiger partial charge in [0.25, 0.3) is 0 Å². The lowest BCUT2D eigenvalue weighted by molar-refractivity contribution is -0.137. The van der Waals surface area contributed by atoms with Crippen LogP contribution in [0.4, 0.5) is 0 Å². The highest BCUT2D eigenvalue weighted by Gasteiger charge is 2.21. The normalized spacial score (nSPS) is 10.3. The Hall–Kier alpha value is -3.47. The summed E-state index contributed by atoms with van der Waals surface area (Å²) in [5.41, 5.74) is -0.115. The van der Waals surface area contributed by atoms with Crippen LogP contribution in [0.2, 0.25) is 0 Å². The van der Waals surface area contributed by atoms with Crippen LogP contribution in [0, 0.1) is 0 Å². The first-order valence-corrected chi connectivity index (χ1v) is 8.27. The Morgan fingerprint density at radius 3 is 1.97 bits per heavy atom. The first kappa shape index (κ1) is 26.5. The van der Waals surface area contributed by atoms with Crippen LogP contribution in [0.5, 0.6) is 0 Å². The maximum atomic E-state index is 11.0. The summed E-state index contributed by atoms with van der Waals surface area (Å²) in [4.78, 5) is 30.8. The molecule has 0 amide bonds. The van der Waals surface area contributed by atoms with Gasteiger partial charge in [-0.15, -0.1) is 0 Å². The Balaban J connectivity index is 0.000000475. The molecule has 164 valence electrons. The van der Waals surface area contributed by atoms with Crippen molar-refractivity contribution in [3.63, 3.8) is 0 Å². The third kappa shape index (κ3) is 9.15. The number of aldehydes is 1. The van der Waals surface area contributed by atoms with Gasteiger partial charge < -0.3 is 33.6 Å². The second-order valence-corrected chi connectivity index (χ2v) is 5.19. The molecule has 30 heavy (non-hydrogen) atoms. The summed E-state index contributed by atoms with van der Waals surface area (Å²) >= 11 is 0. The number of carbonyl (C=O) groups excluding carboxylic acids is 3. The molecule has 0 saturated carbocycles. The third-order valence-corrected chi connectivity index (χ3v) is 3.21. The number of hydrogen-bond acceptors (Lipinski definition) is 10. The molecule has 2 heterocycles. The molecule has 0 saturated heterocycles. The topological polar surface area (TPSA) is 157 Å². The molecule has 0 spiro atoms. The van der Waals surface area contributed by atoms with Crippen LogP contribution in [0.1, 0.15) is 33.9 Å². The molecule has 0 bridgehead atoms. The smallest absolute Gasteiger partial charge is 0.336 e. The minimum atomic E-state index is -1.25. The van der Waals surface area contributed by atoms with Gasteiger partial charge in [0.2, 0.25) is 0 Å². The second kappa shape index (κ2) is 14.5. The second-order valence-electron chi connectivity index (χ2n) is 5.19. The van der Waals surface area contributed by atoms with Crippen LogP contribution in [0.25, 0.3) is 0 Å². The van der Waals surface area contributed by atoms with Crippen molar-refractivity contribution >= 4 is 18.2 Å². The molecule has 2 aromatic rings. The van der Waals surface area contributed by atoms with E-state index in [1.54, 1.807) is 6.07 Å². The number of methoxy groups -OCH3 is 2. The Bertz CT molecular complexity index is 830. The fraction of sp³-hybridized carbons (Fsp3) is 0.250. The van der Waals surface area contributed by atoms with Gasteiger partial charge in [-0.05, 0) is 24.3 Å². The number of ether oxygens (including phenoxy) is 2. The molecular formula is C20H24O10. The van der Waals surface area contributed by atoms with Gasteiger partial charge in [0.1, 0.15) is 36.6 Å². The van der Waals surface area contributed by atoms with E-state index in [2.05, 4.69) is 22.6 Å². The molecule has 2 rings (SSSR count). The lowest BCUT2D eigenvalue weighted by Crippen LogP contribution is -2.11. The Labute approximate surface area is 172 Å². The fourth-order valence-electron chi connectivity index (χ4n) is 1.67. The summed E-state index contributed by atoms with van der Waals surface area (Å²) in [6, 6.07) is 6.04. The molecule has 0 fully saturated rings. The van der Waals surface area contributed by atoms with Crippen molar-refractivity contribution in [1.29, 1.82) is 0 Å². The first-order valence-electron chi connectivity index (χ1n) is 8.27.